The monoisotopic (exact) mass is 276 g/mol. The van der Waals surface area contributed by atoms with Gasteiger partial charge in [-0.25, -0.2) is 9.97 Å². The first-order valence-electron chi connectivity index (χ1n) is 7.92. The van der Waals surface area contributed by atoms with E-state index in [0.29, 0.717) is 12.1 Å². The Kier molecular flexibility index (Phi) is 5.35. The molecule has 1 N–H and O–H groups in total. The first kappa shape index (κ1) is 15.2. The maximum absolute atomic E-state index is 4.44. The number of fused-ring (bicyclic) bond motifs is 1. The Balaban J connectivity index is 1.94. The molecule has 0 aliphatic heterocycles. The average molecular weight is 276 g/mol. The molecule has 20 heavy (non-hydrogen) atoms. The van der Waals surface area contributed by atoms with Crippen molar-refractivity contribution in [2.45, 2.75) is 65.5 Å². The van der Waals surface area contributed by atoms with E-state index in [1.165, 1.54) is 24.1 Å². The molecule has 1 aromatic rings. The van der Waals surface area contributed by atoms with Crippen LogP contribution in [-0.2, 0) is 12.8 Å². The van der Waals surface area contributed by atoms with Crippen molar-refractivity contribution in [1.29, 1.82) is 0 Å². The highest BCUT2D eigenvalue weighted by Gasteiger charge is 2.16. The van der Waals surface area contributed by atoms with Crippen molar-refractivity contribution in [2.24, 2.45) is 0 Å². The molecule has 0 aromatic carbocycles. The summed E-state index contributed by atoms with van der Waals surface area (Å²) in [5.74, 6) is 1.06. The Labute approximate surface area is 123 Å². The number of nitrogens with one attached hydrogen (secondary N) is 1. The van der Waals surface area contributed by atoms with Crippen LogP contribution in [0.1, 0.15) is 51.8 Å². The smallest absolute Gasteiger partial charge is 0.132 e. The van der Waals surface area contributed by atoms with Crippen molar-refractivity contribution in [1.82, 2.24) is 14.9 Å². The van der Waals surface area contributed by atoms with Gasteiger partial charge in [-0.1, -0.05) is 0 Å². The summed E-state index contributed by atoms with van der Waals surface area (Å²) in [5.41, 5.74) is 2.60. The third kappa shape index (κ3) is 3.69. The number of aromatic nitrogens is 2. The molecule has 0 saturated heterocycles. The van der Waals surface area contributed by atoms with Crippen LogP contribution in [0.15, 0.2) is 6.33 Å². The molecule has 1 aliphatic rings. The molecule has 0 amide bonds. The Hall–Kier alpha value is -1.16. The van der Waals surface area contributed by atoms with E-state index in [0.717, 1.165) is 31.7 Å². The summed E-state index contributed by atoms with van der Waals surface area (Å²) in [6.45, 7) is 11.0. The third-order valence-electron chi connectivity index (χ3n) is 4.11. The molecule has 0 radical (unpaired) electrons. The minimum absolute atomic E-state index is 0.580. The second-order valence-corrected chi connectivity index (χ2v) is 6.21. The second-order valence-electron chi connectivity index (χ2n) is 6.21. The van der Waals surface area contributed by atoms with Crippen molar-refractivity contribution >= 4 is 5.82 Å². The number of hydrogen-bond acceptors (Lipinski definition) is 4. The summed E-state index contributed by atoms with van der Waals surface area (Å²) in [6.07, 6.45) is 6.46. The number of aryl methyl sites for hydroxylation is 1. The Morgan fingerprint density at radius 1 is 1.10 bits per heavy atom. The van der Waals surface area contributed by atoms with Gasteiger partial charge in [0.15, 0.2) is 0 Å². The maximum atomic E-state index is 4.44. The van der Waals surface area contributed by atoms with Crippen LogP contribution in [0.25, 0.3) is 0 Å². The van der Waals surface area contributed by atoms with Crippen LogP contribution in [0.4, 0.5) is 5.82 Å². The molecule has 1 heterocycles. The van der Waals surface area contributed by atoms with Crippen LogP contribution in [0.3, 0.4) is 0 Å². The van der Waals surface area contributed by atoms with Gasteiger partial charge in [0, 0.05) is 36.4 Å². The summed E-state index contributed by atoms with van der Waals surface area (Å²) < 4.78 is 0. The minimum atomic E-state index is 0.580. The summed E-state index contributed by atoms with van der Waals surface area (Å²) in [7, 11) is 0. The van der Waals surface area contributed by atoms with Gasteiger partial charge >= 0.3 is 0 Å². The predicted octanol–water partition coefficient (Wildman–Crippen LogP) is 2.89. The highest BCUT2D eigenvalue weighted by Crippen LogP contribution is 2.24. The van der Waals surface area contributed by atoms with Gasteiger partial charge in [-0.05, 0) is 53.4 Å². The largest absolute Gasteiger partial charge is 0.368 e. The predicted molar refractivity (Wildman–Crippen MR) is 84.1 cm³/mol. The number of nitrogens with zero attached hydrogens (tertiary/aromatic N) is 3. The minimum Gasteiger partial charge on any atom is -0.368 e. The molecule has 0 atom stereocenters. The molecule has 4 nitrogen and oxygen atoms in total. The fraction of sp³-hybridized carbons (Fsp3) is 0.750. The van der Waals surface area contributed by atoms with Gasteiger partial charge in [-0.3, -0.25) is 4.90 Å². The second kappa shape index (κ2) is 7.02. The van der Waals surface area contributed by atoms with Gasteiger partial charge < -0.3 is 5.32 Å². The van der Waals surface area contributed by atoms with Gasteiger partial charge in [0.05, 0.1) is 0 Å². The highest BCUT2D eigenvalue weighted by molar-refractivity contribution is 5.46. The van der Waals surface area contributed by atoms with Crippen molar-refractivity contribution in [3.05, 3.63) is 17.6 Å². The van der Waals surface area contributed by atoms with E-state index in [1.54, 1.807) is 6.33 Å². The standard InChI is InChI=1S/C16H28N4/c1-12(2)20(13(3)4)10-9-17-16-14-7-5-6-8-15(14)18-11-19-16/h11-13H,5-10H2,1-4H3,(H,17,18,19). The number of rotatable bonds is 6. The lowest BCUT2D eigenvalue weighted by molar-refractivity contribution is 0.182. The lowest BCUT2D eigenvalue weighted by Gasteiger charge is -2.30. The normalized spacial score (nSPS) is 14.9. The molecule has 2 rings (SSSR count). The summed E-state index contributed by atoms with van der Waals surface area (Å²) in [5, 5.41) is 3.52. The third-order valence-corrected chi connectivity index (χ3v) is 4.11. The Bertz CT molecular complexity index is 420. The topological polar surface area (TPSA) is 41.0 Å². The van der Waals surface area contributed by atoms with E-state index in [9.17, 15) is 0 Å². The first-order valence-corrected chi connectivity index (χ1v) is 7.92. The lowest BCUT2D eigenvalue weighted by atomic mass is 9.96. The Morgan fingerprint density at radius 3 is 2.50 bits per heavy atom. The van der Waals surface area contributed by atoms with E-state index < -0.39 is 0 Å². The van der Waals surface area contributed by atoms with E-state index in [4.69, 9.17) is 0 Å². The maximum Gasteiger partial charge on any atom is 0.132 e. The first-order chi connectivity index (χ1) is 9.59. The number of hydrogen-bond donors (Lipinski definition) is 1. The van der Waals surface area contributed by atoms with Crippen LogP contribution in [0.5, 0.6) is 0 Å². The zero-order valence-corrected chi connectivity index (χ0v) is 13.3. The number of anilines is 1. The van der Waals surface area contributed by atoms with E-state index in [-0.39, 0.29) is 0 Å². The zero-order valence-electron chi connectivity index (χ0n) is 13.3. The van der Waals surface area contributed by atoms with Gasteiger partial charge in [-0.15, -0.1) is 0 Å². The highest BCUT2D eigenvalue weighted by atomic mass is 15.2. The van der Waals surface area contributed by atoms with Gasteiger partial charge in [0.25, 0.3) is 0 Å². The summed E-state index contributed by atoms with van der Waals surface area (Å²) in [6, 6.07) is 1.16. The van der Waals surface area contributed by atoms with E-state index in [2.05, 4.69) is 47.9 Å². The molecule has 1 aromatic heterocycles. The quantitative estimate of drug-likeness (QED) is 0.867. The Morgan fingerprint density at radius 2 is 1.80 bits per heavy atom. The average Bonchev–Trinajstić information content (AvgIpc) is 2.42. The van der Waals surface area contributed by atoms with Crippen LogP contribution in [0.2, 0.25) is 0 Å². The van der Waals surface area contributed by atoms with Crippen molar-refractivity contribution in [3.8, 4) is 0 Å². The fourth-order valence-corrected chi connectivity index (χ4v) is 3.09. The van der Waals surface area contributed by atoms with E-state index in [1.807, 2.05) is 0 Å². The van der Waals surface area contributed by atoms with Crippen LogP contribution < -0.4 is 5.32 Å². The molecule has 0 spiro atoms. The summed E-state index contributed by atoms with van der Waals surface area (Å²) in [4.78, 5) is 11.4. The van der Waals surface area contributed by atoms with Crippen LogP contribution in [-0.4, -0.2) is 40.0 Å². The molecular formula is C16H28N4. The molecular weight excluding hydrogens is 248 g/mol. The van der Waals surface area contributed by atoms with Gasteiger partial charge in [0.1, 0.15) is 12.1 Å². The van der Waals surface area contributed by atoms with Crippen LogP contribution in [0, 0.1) is 0 Å². The SMILES string of the molecule is CC(C)N(CCNc1ncnc2c1CCCC2)C(C)C. The molecule has 112 valence electrons. The van der Waals surface area contributed by atoms with E-state index >= 15 is 0 Å². The van der Waals surface area contributed by atoms with Crippen molar-refractivity contribution in [2.75, 3.05) is 18.4 Å². The summed E-state index contributed by atoms with van der Waals surface area (Å²) >= 11 is 0. The van der Waals surface area contributed by atoms with Gasteiger partial charge in [-0.2, -0.15) is 0 Å². The fourth-order valence-electron chi connectivity index (χ4n) is 3.09. The molecule has 0 bridgehead atoms. The lowest BCUT2D eigenvalue weighted by Crippen LogP contribution is -2.40. The molecule has 0 unspecified atom stereocenters. The molecule has 0 saturated carbocycles. The molecule has 0 fully saturated rings. The zero-order chi connectivity index (χ0) is 14.5. The van der Waals surface area contributed by atoms with Crippen molar-refractivity contribution < 1.29 is 0 Å². The van der Waals surface area contributed by atoms with Crippen LogP contribution >= 0.6 is 0 Å². The molecule has 4 heteroatoms. The van der Waals surface area contributed by atoms with Crippen molar-refractivity contribution in [3.63, 3.8) is 0 Å². The van der Waals surface area contributed by atoms with Gasteiger partial charge in [0.2, 0.25) is 0 Å². The molecule has 1 aliphatic carbocycles.